The topological polar surface area (TPSA) is 697 Å². The van der Waals surface area contributed by atoms with Gasteiger partial charge in [0.1, 0.15) is 177 Å². The Bertz CT molecular complexity index is 2710. The second-order valence-electron chi connectivity index (χ2n) is 26.6. The average Bonchev–Trinajstić information content (AvgIpc) is 0.774. The molecule has 8 aliphatic heterocycles. The van der Waals surface area contributed by atoms with Gasteiger partial charge in [-0.25, -0.2) is 0 Å². The number of hydrogen-bond acceptors (Lipinski definition) is 42. The Balaban J connectivity index is 1.04. The molecule has 0 aromatic rings. The van der Waals surface area contributed by atoms with E-state index in [1.165, 1.54) is 13.8 Å². The van der Waals surface area contributed by atoms with E-state index in [1.54, 1.807) is 0 Å². The maximum absolute atomic E-state index is 12.9. The highest BCUT2D eigenvalue weighted by molar-refractivity contribution is 5.74. The first-order chi connectivity index (χ1) is 49.1. The molecule has 0 aliphatic carbocycles. The lowest BCUT2D eigenvalue weighted by Gasteiger charge is -2.50. The Labute approximate surface area is 590 Å². The number of nitrogens with one attached hydrogen (secondary N) is 3. The molecule has 8 rings (SSSR count). The molecular weight excluding hydrogens is 1420 g/mol. The molecule has 25 N–H and O–H groups in total. The summed E-state index contributed by atoms with van der Waals surface area (Å²) in [5.74, 6) is -6.01. The number of carbonyl (C=O) groups is 4. The number of carbonyl (C=O) groups excluding carboxylic acids is 4. The molecule has 0 saturated carbocycles. The summed E-state index contributed by atoms with van der Waals surface area (Å²) in [6.07, 6.45) is -71.2. The van der Waals surface area contributed by atoms with Crippen LogP contribution in [0.2, 0.25) is 0 Å². The molecule has 0 aromatic heterocycles. The van der Waals surface area contributed by atoms with Crippen LogP contribution in [0.5, 0.6) is 0 Å². The van der Waals surface area contributed by atoms with Crippen LogP contribution in [0.15, 0.2) is 0 Å². The Morgan fingerprint density at radius 1 is 0.433 bits per heavy atom. The summed E-state index contributed by atoms with van der Waals surface area (Å²) in [7, 11) is 0. The number of aliphatic hydroxyl groups excluding tert-OH is 22. The van der Waals surface area contributed by atoms with Gasteiger partial charge >= 0.3 is 5.97 Å². The lowest BCUT2D eigenvalue weighted by molar-refractivity contribution is -0.424. The van der Waals surface area contributed by atoms with E-state index in [4.69, 9.17) is 75.8 Å². The summed E-state index contributed by atoms with van der Waals surface area (Å²) < 4.78 is 93.7. The lowest BCUT2D eigenvalue weighted by Crippen LogP contribution is -2.70. The van der Waals surface area contributed by atoms with Crippen LogP contribution in [0.4, 0.5) is 0 Å². The minimum Gasteiger partial charge on any atom is -0.410 e. The van der Waals surface area contributed by atoms with Crippen molar-refractivity contribution in [3.8, 4) is 0 Å². The first-order valence-electron chi connectivity index (χ1n) is 33.4. The van der Waals surface area contributed by atoms with Crippen molar-refractivity contribution in [1.29, 1.82) is 0 Å². The molecule has 0 bridgehead atoms. The van der Waals surface area contributed by atoms with E-state index in [2.05, 4.69) is 16.0 Å². The maximum atomic E-state index is 12.9. The smallest absolute Gasteiger partial charge is 0.332 e. The lowest BCUT2D eigenvalue weighted by atomic mass is 9.87. The standard InChI is InChI=1S/C59H99N3O42/c1-16-21(73)6-59(91-15-69,104-47(16)33(75)22(74)7-63)90-14-29-36(78)42(84)45(87)56(98-29)100-49-26(11-67)96-54(32(40(49)82)62-20(5)72)103-52-43(85)35(77)24(9-65)94-58(52)89-13-28-37(79)51(102-55-44(86)41(83)34(76)23(8-64)93-55)46(88)57(97-28)101-50-27(12-68)95-53(31(39(50)81)61-19(4)71)99-48-25(10-66)92-17(2)30(38(48)80)60-18(3)70/h15-17,21-58,63-68,73-88H,6-14H2,1-5H3,(H,60,70)(H,61,71)(H,62,72)/t16-,17+,21-,22-,23?,24?,25?,26+,27?,28?,29?,30?,31?,32?,33?,34-,35-,36+,37-,38-,39-,40?,41?,42+,43+,44?,45?,46?,47?,48-,49-,50-,51+,52?,53+,54+,55-,56+,57+,58+,59+/m1/s1. The molecule has 8 heterocycles. The average molecular weight is 1520 g/mol. The van der Waals surface area contributed by atoms with Gasteiger partial charge in [-0.3, -0.25) is 19.2 Å². The minimum atomic E-state index is -2.62. The van der Waals surface area contributed by atoms with Crippen LogP contribution in [-0.4, -0.2) is 434 Å². The van der Waals surface area contributed by atoms with Crippen molar-refractivity contribution in [3.63, 3.8) is 0 Å². The Morgan fingerprint density at radius 2 is 0.817 bits per heavy atom. The van der Waals surface area contributed by atoms with Gasteiger partial charge in [0.05, 0.1) is 83.6 Å². The second kappa shape index (κ2) is 37.4. The van der Waals surface area contributed by atoms with Gasteiger partial charge in [0.2, 0.25) is 17.7 Å². The third kappa shape index (κ3) is 19.0. The number of hydrogen-bond donors (Lipinski definition) is 25. The van der Waals surface area contributed by atoms with Crippen molar-refractivity contribution in [1.82, 2.24) is 16.0 Å². The van der Waals surface area contributed by atoms with Crippen LogP contribution in [0.3, 0.4) is 0 Å². The molecule has 3 amide bonds. The Morgan fingerprint density at radius 3 is 1.29 bits per heavy atom. The largest absolute Gasteiger partial charge is 0.410 e. The fraction of sp³-hybridized carbons (Fsp3) is 0.932. The van der Waals surface area contributed by atoms with Crippen molar-refractivity contribution in [2.75, 3.05) is 52.9 Å². The SMILES string of the molecule is CC(=O)NC1C(O)[C@H](O[C@@H]2OC(CO[C@]3(OC=O)C[C@@H](O)[C@@H](C)C(C(O)[C@H](O)CO)O3)[C@H](O)[C@H](O)C2O)[C@H](CO)O[C@H]1OC1[C@@H](OCC2O[C@@H](O[C@@H]3C(CO)O[C@@H](O[C@@H]4C(CO)O[C@@H](C)C(NC(C)=O)[C@H]4O)C(NC(C)=O)[C@H]3O)C(O)[C@@H](O[C@H]3OC(CO)[C@@H](O)C(O)C3O)[C@@H]2O)OC(CO)[C@@H](O)[C@@H]1O. The van der Waals surface area contributed by atoms with Gasteiger partial charge in [-0.1, -0.05) is 6.92 Å². The summed E-state index contributed by atoms with van der Waals surface area (Å²) >= 11 is 0. The zero-order valence-electron chi connectivity index (χ0n) is 56.5. The molecule has 0 radical (unpaired) electrons. The van der Waals surface area contributed by atoms with Crippen molar-refractivity contribution in [3.05, 3.63) is 0 Å². The maximum Gasteiger partial charge on any atom is 0.332 e. The zero-order chi connectivity index (χ0) is 76.8. The normalized spacial score (nSPS) is 47.9. The molecule has 41 atom stereocenters. The van der Waals surface area contributed by atoms with E-state index in [0.717, 1.165) is 20.8 Å². The van der Waals surface area contributed by atoms with Crippen molar-refractivity contribution in [2.45, 2.75) is 286 Å². The first kappa shape index (κ1) is 86.0. The molecule has 17 unspecified atom stereocenters. The van der Waals surface area contributed by atoms with Crippen LogP contribution in [-0.2, 0) is 95.0 Å². The van der Waals surface area contributed by atoms with Gasteiger partial charge < -0.3 is 204 Å². The number of rotatable bonds is 29. The summed E-state index contributed by atoms with van der Waals surface area (Å²) in [6, 6.07) is -4.87. The molecule has 0 aromatic carbocycles. The highest BCUT2D eigenvalue weighted by atomic mass is 16.9. The summed E-state index contributed by atoms with van der Waals surface area (Å²) in [6.45, 7) is -2.38. The predicted octanol–water partition coefficient (Wildman–Crippen LogP) is -16.4. The van der Waals surface area contributed by atoms with E-state index >= 15 is 0 Å². The predicted molar refractivity (Wildman–Crippen MR) is 323 cm³/mol. The molecule has 0 spiro atoms. The molecule has 8 saturated heterocycles. The molecular formula is C59H99N3O42. The monoisotopic (exact) mass is 1520 g/mol. The minimum absolute atomic E-state index is 0.171. The highest BCUT2D eigenvalue weighted by Gasteiger charge is 2.60. The fourth-order valence-corrected chi connectivity index (χ4v) is 13.5. The number of aliphatic hydroxyl groups is 22. The summed E-state index contributed by atoms with van der Waals surface area (Å²) in [5, 5.41) is 250. The van der Waals surface area contributed by atoms with Crippen LogP contribution >= 0.6 is 0 Å². The van der Waals surface area contributed by atoms with E-state index < -0.39 is 328 Å². The summed E-state index contributed by atoms with van der Waals surface area (Å²) in [5.41, 5.74) is 0. The summed E-state index contributed by atoms with van der Waals surface area (Å²) in [4.78, 5) is 49.7. The van der Waals surface area contributed by atoms with E-state index in [0.29, 0.717) is 0 Å². The molecule has 104 heavy (non-hydrogen) atoms. The van der Waals surface area contributed by atoms with Gasteiger partial charge in [-0.15, -0.1) is 0 Å². The first-order valence-corrected chi connectivity index (χ1v) is 33.4. The van der Waals surface area contributed by atoms with Crippen LogP contribution in [0.25, 0.3) is 0 Å². The van der Waals surface area contributed by atoms with E-state index in [-0.39, 0.29) is 6.47 Å². The van der Waals surface area contributed by atoms with Crippen molar-refractivity contribution < 1.29 is 207 Å². The van der Waals surface area contributed by atoms with Crippen LogP contribution < -0.4 is 16.0 Å². The highest BCUT2D eigenvalue weighted by Crippen LogP contribution is 2.41. The molecule has 45 heteroatoms. The zero-order valence-corrected chi connectivity index (χ0v) is 56.5. The van der Waals surface area contributed by atoms with Gasteiger partial charge in [-0.2, -0.15) is 0 Å². The van der Waals surface area contributed by atoms with E-state index in [9.17, 15) is 132 Å². The number of amides is 3. The van der Waals surface area contributed by atoms with Crippen molar-refractivity contribution in [2.24, 2.45) is 5.92 Å². The van der Waals surface area contributed by atoms with Gasteiger partial charge in [0.15, 0.2) is 37.7 Å². The van der Waals surface area contributed by atoms with Crippen LogP contribution in [0.1, 0.15) is 41.0 Å². The molecule has 8 fully saturated rings. The van der Waals surface area contributed by atoms with Crippen molar-refractivity contribution >= 4 is 24.2 Å². The molecule has 45 nitrogen and oxygen atoms in total. The number of ether oxygens (including phenoxy) is 16. The fourth-order valence-electron chi connectivity index (χ4n) is 13.5. The van der Waals surface area contributed by atoms with Gasteiger partial charge in [0, 0.05) is 26.7 Å². The second-order valence-corrected chi connectivity index (χ2v) is 26.6. The van der Waals surface area contributed by atoms with Gasteiger partial charge in [-0.05, 0) is 6.92 Å². The van der Waals surface area contributed by atoms with Crippen LogP contribution in [0, 0.1) is 5.92 Å². The third-order valence-electron chi connectivity index (χ3n) is 19.3. The molecule has 602 valence electrons. The third-order valence-corrected chi connectivity index (χ3v) is 19.3. The quantitative estimate of drug-likeness (QED) is 0.0244. The van der Waals surface area contributed by atoms with Gasteiger partial charge in [0.25, 0.3) is 6.47 Å². The molecule has 8 aliphatic rings. The van der Waals surface area contributed by atoms with E-state index in [1.807, 2.05) is 0 Å². The Kier molecular flexibility index (Phi) is 30.9. The Hall–Kier alpha value is -3.60.